The van der Waals surface area contributed by atoms with Gasteiger partial charge in [-0.2, -0.15) is 0 Å². The zero-order chi connectivity index (χ0) is 8.81. The standard InChI is InChI=1S/C8H13Cl2NO/c9-3-8(10)5-11-4-7-1-2-12-6-7/h3,7,11H,1-2,4-6H2. The average Bonchev–Trinajstić information content (AvgIpc) is 2.57. The summed E-state index contributed by atoms with van der Waals surface area (Å²) in [6.07, 6.45) is 1.15. The molecule has 4 heteroatoms. The predicted octanol–water partition coefficient (Wildman–Crippen LogP) is 1.93. The summed E-state index contributed by atoms with van der Waals surface area (Å²) < 4.78 is 5.23. The van der Waals surface area contributed by atoms with Gasteiger partial charge in [0, 0.05) is 30.3 Å². The van der Waals surface area contributed by atoms with E-state index in [4.69, 9.17) is 27.9 Å². The van der Waals surface area contributed by atoms with E-state index in [2.05, 4.69) is 5.32 Å². The Bertz CT molecular complexity index is 155. The van der Waals surface area contributed by atoms with E-state index in [1.165, 1.54) is 5.54 Å². The van der Waals surface area contributed by atoms with E-state index in [1.54, 1.807) is 0 Å². The molecule has 0 spiro atoms. The second kappa shape index (κ2) is 5.81. The highest BCUT2D eigenvalue weighted by Crippen LogP contribution is 2.10. The summed E-state index contributed by atoms with van der Waals surface area (Å²) >= 11 is 11.1. The summed E-state index contributed by atoms with van der Waals surface area (Å²) in [7, 11) is 0. The van der Waals surface area contributed by atoms with Gasteiger partial charge in [0.2, 0.25) is 0 Å². The van der Waals surface area contributed by atoms with Gasteiger partial charge >= 0.3 is 0 Å². The lowest BCUT2D eigenvalue weighted by molar-refractivity contribution is 0.185. The molecule has 0 radical (unpaired) electrons. The number of halogens is 2. The van der Waals surface area contributed by atoms with Gasteiger partial charge in [0.1, 0.15) is 0 Å². The fourth-order valence-corrected chi connectivity index (χ4v) is 1.35. The molecule has 1 unspecified atom stereocenters. The van der Waals surface area contributed by atoms with Crippen LogP contribution in [-0.2, 0) is 4.74 Å². The Morgan fingerprint density at radius 3 is 3.08 bits per heavy atom. The fourth-order valence-electron chi connectivity index (χ4n) is 1.18. The lowest BCUT2D eigenvalue weighted by Gasteiger charge is -2.07. The van der Waals surface area contributed by atoms with Gasteiger partial charge in [0.25, 0.3) is 0 Å². The van der Waals surface area contributed by atoms with Gasteiger partial charge in [-0.1, -0.05) is 23.2 Å². The van der Waals surface area contributed by atoms with Crippen molar-refractivity contribution in [2.75, 3.05) is 26.3 Å². The fraction of sp³-hybridized carbons (Fsp3) is 0.750. The SMILES string of the molecule is ClC=C(Cl)CNCC1CCOC1. The van der Waals surface area contributed by atoms with Crippen molar-refractivity contribution in [2.24, 2.45) is 5.92 Å². The second-order valence-corrected chi connectivity index (χ2v) is 3.62. The van der Waals surface area contributed by atoms with Crippen LogP contribution in [0.25, 0.3) is 0 Å². The van der Waals surface area contributed by atoms with Gasteiger partial charge in [-0.05, 0) is 12.3 Å². The maximum atomic E-state index is 5.69. The number of hydrogen-bond donors (Lipinski definition) is 1. The third kappa shape index (κ3) is 3.76. The minimum atomic E-state index is 0.643. The van der Waals surface area contributed by atoms with Gasteiger partial charge in [0.15, 0.2) is 0 Å². The van der Waals surface area contributed by atoms with Crippen molar-refractivity contribution in [2.45, 2.75) is 6.42 Å². The first-order valence-electron chi connectivity index (χ1n) is 4.06. The Kier molecular flexibility index (Phi) is 5.00. The molecule has 0 saturated carbocycles. The molecule has 0 aromatic heterocycles. The third-order valence-corrected chi connectivity index (χ3v) is 2.49. The van der Waals surface area contributed by atoms with Crippen LogP contribution in [0.5, 0.6) is 0 Å². The van der Waals surface area contributed by atoms with E-state index in [0.29, 0.717) is 17.5 Å². The Morgan fingerprint density at radius 1 is 1.67 bits per heavy atom. The predicted molar refractivity (Wildman–Crippen MR) is 51.6 cm³/mol. The van der Waals surface area contributed by atoms with Crippen molar-refractivity contribution in [3.8, 4) is 0 Å². The van der Waals surface area contributed by atoms with Gasteiger partial charge in [-0.15, -0.1) is 0 Å². The summed E-state index contributed by atoms with van der Waals surface area (Å²) in [4.78, 5) is 0. The molecule has 0 aliphatic carbocycles. The lowest BCUT2D eigenvalue weighted by atomic mass is 10.1. The Morgan fingerprint density at radius 2 is 2.50 bits per heavy atom. The molecule has 0 aromatic rings. The van der Waals surface area contributed by atoms with Crippen molar-refractivity contribution >= 4 is 23.2 Å². The minimum Gasteiger partial charge on any atom is -0.381 e. The van der Waals surface area contributed by atoms with Crippen molar-refractivity contribution in [1.82, 2.24) is 5.32 Å². The van der Waals surface area contributed by atoms with E-state index >= 15 is 0 Å². The molecule has 1 saturated heterocycles. The van der Waals surface area contributed by atoms with E-state index in [9.17, 15) is 0 Å². The lowest BCUT2D eigenvalue weighted by Crippen LogP contribution is -2.24. The van der Waals surface area contributed by atoms with Crippen LogP contribution in [0.3, 0.4) is 0 Å². The molecule has 12 heavy (non-hydrogen) atoms. The maximum Gasteiger partial charge on any atom is 0.0507 e. The third-order valence-electron chi connectivity index (χ3n) is 1.87. The number of hydrogen-bond acceptors (Lipinski definition) is 2. The molecular weight excluding hydrogens is 197 g/mol. The summed E-state index contributed by atoms with van der Waals surface area (Å²) in [5.74, 6) is 0.643. The number of ether oxygens (including phenoxy) is 1. The van der Waals surface area contributed by atoms with Crippen LogP contribution in [0.1, 0.15) is 6.42 Å². The largest absolute Gasteiger partial charge is 0.381 e. The van der Waals surface area contributed by atoms with Crippen molar-refractivity contribution in [1.29, 1.82) is 0 Å². The molecule has 1 aliphatic heterocycles. The Balaban J connectivity index is 2.01. The highest BCUT2D eigenvalue weighted by atomic mass is 35.5. The first-order chi connectivity index (χ1) is 5.83. The summed E-state index contributed by atoms with van der Waals surface area (Å²) in [5, 5.41) is 3.86. The topological polar surface area (TPSA) is 21.3 Å². The van der Waals surface area contributed by atoms with Crippen LogP contribution in [-0.4, -0.2) is 26.3 Å². The smallest absolute Gasteiger partial charge is 0.0507 e. The molecule has 0 bridgehead atoms. The Hall–Kier alpha value is 0.240. The van der Waals surface area contributed by atoms with Crippen molar-refractivity contribution in [3.05, 3.63) is 10.6 Å². The Labute approximate surface area is 82.9 Å². The zero-order valence-electron chi connectivity index (χ0n) is 6.85. The van der Waals surface area contributed by atoms with E-state index in [0.717, 1.165) is 26.2 Å². The van der Waals surface area contributed by atoms with Gasteiger partial charge in [-0.3, -0.25) is 0 Å². The van der Waals surface area contributed by atoms with Gasteiger partial charge in [0.05, 0.1) is 6.61 Å². The molecule has 70 valence electrons. The second-order valence-electron chi connectivity index (χ2n) is 2.92. The van der Waals surface area contributed by atoms with Crippen LogP contribution < -0.4 is 5.32 Å². The van der Waals surface area contributed by atoms with Gasteiger partial charge in [-0.25, -0.2) is 0 Å². The quantitative estimate of drug-likeness (QED) is 0.765. The maximum absolute atomic E-state index is 5.69. The molecule has 1 N–H and O–H groups in total. The molecule has 1 aliphatic rings. The highest BCUT2D eigenvalue weighted by molar-refractivity contribution is 6.36. The van der Waals surface area contributed by atoms with Crippen molar-refractivity contribution < 1.29 is 4.74 Å². The molecule has 1 rings (SSSR count). The van der Waals surface area contributed by atoms with E-state index in [-0.39, 0.29) is 0 Å². The molecule has 0 amide bonds. The summed E-state index contributed by atoms with van der Waals surface area (Å²) in [5.41, 5.74) is 1.39. The van der Waals surface area contributed by atoms with Crippen LogP contribution in [0, 0.1) is 5.92 Å². The first kappa shape index (κ1) is 10.3. The monoisotopic (exact) mass is 209 g/mol. The van der Waals surface area contributed by atoms with E-state index < -0.39 is 0 Å². The average molecular weight is 210 g/mol. The minimum absolute atomic E-state index is 0.643. The molecule has 1 atom stereocenters. The molecular formula is C8H13Cl2NO. The van der Waals surface area contributed by atoms with Crippen LogP contribution in [0.4, 0.5) is 0 Å². The molecule has 0 aromatic carbocycles. The normalized spacial score (nSPS) is 24.8. The van der Waals surface area contributed by atoms with E-state index in [1.807, 2.05) is 0 Å². The number of rotatable bonds is 4. The zero-order valence-corrected chi connectivity index (χ0v) is 8.37. The van der Waals surface area contributed by atoms with Crippen molar-refractivity contribution in [3.63, 3.8) is 0 Å². The van der Waals surface area contributed by atoms with Crippen LogP contribution in [0.2, 0.25) is 0 Å². The van der Waals surface area contributed by atoms with Crippen LogP contribution in [0.15, 0.2) is 10.6 Å². The molecule has 2 nitrogen and oxygen atoms in total. The summed E-state index contributed by atoms with van der Waals surface area (Å²) in [6.45, 7) is 3.38. The highest BCUT2D eigenvalue weighted by Gasteiger charge is 2.14. The van der Waals surface area contributed by atoms with Crippen LogP contribution >= 0.6 is 23.2 Å². The van der Waals surface area contributed by atoms with Gasteiger partial charge < -0.3 is 10.1 Å². The molecule has 1 heterocycles. The summed E-state index contributed by atoms with van der Waals surface area (Å²) in [6, 6.07) is 0. The first-order valence-corrected chi connectivity index (χ1v) is 4.87. The molecule has 1 fully saturated rings. The number of nitrogens with one attached hydrogen (secondary N) is 1.